The predicted octanol–water partition coefficient (Wildman–Crippen LogP) is 3.23. The Balaban J connectivity index is 1.52. The van der Waals surface area contributed by atoms with Crippen LogP contribution in [-0.4, -0.2) is 23.3 Å². The molecular formula is C20H22N2O3. The Morgan fingerprint density at radius 1 is 1.08 bits per heavy atom. The van der Waals surface area contributed by atoms with Crippen molar-refractivity contribution in [2.24, 2.45) is 0 Å². The van der Waals surface area contributed by atoms with Gasteiger partial charge in [-0.3, -0.25) is 0 Å². The SMILES string of the molecule is CC(O)(CNC(=O)NCc1cccc2ccccc12)Cc1ccco1. The lowest BCUT2D eigenvalue weighted by Gasteiger charge is -2.22. The van der Waals surface area contributed by atoms with Crippen LogP contribution >= 0.6 is 0 Å². The van der Waals surface area contributed by atoms with Crippen LogP contribution in [0.15, 0.2) is 65.3 Å². The van der Waals surface area contributed by atoms with E-state index in [4.69, 9.17) is 4.42 Å². The van der Waals surface area contributed by atoms with Gasteiger partial charge in [0.2, 0.25) is 0 Å². The number of aliphatic hydroxyl groups is 1. The Morgan fingerprint density at radius 2 is 1.88 bits per heavy atom. The van der Waals surface area contributed by atoms with Crippen molar-refractivity contribution in [2.45, 2.75) is 25.5 Å². The number of amides is 2. The summed E-state index contributed by atoms with van der Waals surface area (Å²) in [5.74, 6) is 0.683. The monoisotopic (exact) mass is 338 g/mol. The van der Waals surface area contributed by atoms with Crippen molar-refractivity contribution in [2.75, 3.05) is 6.54 Å². The predicted molar refractivity (Wildman–Crippen MR) is 97.2 cm³/mol. The summed E-state index contributed by atoms with van der Waals surface area (Å²) in [4.78, 5) is 12.0. The zero-order valence-corrected chi connectivity index (χ0v) is 14.2. The van der Waals surface area contributed by atoms with Crippen LogP contribution in [0.25, 0.3) is 10.8 Å². The van der Waals surface area contributed by atoms with Gasteiger partial charge in [-0.15, -0.1) is 0 Å². The number of hydrogen-bond donors (Lipinski definition) is 3. The minimum absolute atomic E-state index is 0.134. The van der Waals surface area contributed by atoms with E-state index in [0.29, 0.717) is 18.7 Å². The molecule has 25 heavy (non-hydrogen) atoms. The second-order valence-corrected chi connectivity index (χ2v) is 6.43. The van der Waals surface area contributed by atoms with Gasteiger partial charge in [0.15, 0.2) is 0 Å². The average Bonchev–Trinajstić information content (AvgIpc) is 3.10. The van der Waals surface area contributed by atoms with E-state index >= 15 is 0 Å². The molecule has 1 unspecified atom stereocenters. The molecule has 3 N–H and O–H groups in total. The van der Waals surface area contributed by atoms with Gasteiger partial charge in [0, 0.05) is 19.5 Å². The summed E-state index contributed by atoms with van der Waals surface area (Å²) in [6.45, 7) is 2.23. The number of hydrogen-bond acceptors (Lipinski definition) is 3. The molecule has 0 aliphatic rings. The van der Waals surface area contributed by atoms with E-state index in [1.165, 1.54) is 0 Å². The van der Waals surface area contributed by atoms with Gasteiger partial charge < -0.3 is 20.2 Å². The Bertz CT molecular complexity index is 836. The third-order valence-electron chi connectivity index (χ3n) is 4.08. The Morgan fingerprint density at radius 3 is 2.68 bits per heavy atom. The van der Waals surface area contributed by atoms with Crippen molar-refractivity contribution >= 4 is 16.8 Å². The van der Waals surface area contributed by atoms with Crippen LogP contribution in [0.1, 0.15) is 18.2 Å². The Labute approximate surface area is 146 Å². The first-order valence-corrected chi connectivity index (χ1v) is 8.27. The molecular weight excluding hydrogens is 316 g/mol. The molecule has 0 aliphatic carbocycles. The van der Waals surface area contributed by atoms with E-state index in [1.54, 1.807) is 25.3 Å². The van der Waals surface area contributed by atoms with Crippen molar-refractivity contribution in [3.8, 4) is 0 Å². The van der Waals surface area contributed by atoms with E-state index in [9.17, 15) is 9.90 Å². The van der Waals surface area contributed by atoms with Crippen molar-refractivity contribution in [1.82, 2.24) is 10.6 Å². The lowest BCUT2D eigenvalue weighted by atomic mass is 10.0. The lowest BCUT2D eigenvalue weighted by Crippen LogP contribution is -2.45. The molecule has 0 bridgehead atoms. The van der Waals surface area contributed by atoms with E-state index < -0.39 is 5.60 Å². The quantitative estimate of drug-likeness (QED) is 0.646. The molecule has 0 saturated carbocycles. The first kappa shape index (κ1) is 17.0. The number of rotatable bonds is 6. The lowest BCUT2D eigenvalue weighted by molar-refractivity contribution is 0.0571. The van der Waals surface area contributed by atoms with Crippen LogP contribution in [0.4, 0.5) is 4.79 Å². The molecule has 0 fully saturated rings. The van der Waals surface area contributed by atoms with Gasteiger partial charge in [-0.1, -0.05) is 42.5 Å². The second kappa shape index (κ2) is 7.40. The van der Waals surface area contributed by atoms with Crippen LogP contribution in [0.5, 0.6) is 0 Å². The molecule has 5 nitrogen and oxygen atoms in total. The molecule has 130 valence electrons. The van der Waals surface area contributed by atoms with E-state index in [1.807, 2.05) is 42.5 Å². The molecule has 3 rings (SSSR count). The maximum absolute atomic E-state index is 12.0. The van der Waals surface area contributed by atoms with E-state index in [2.05, 4.69) is 10.6 Å². The van der Waals surface area contributed by atoms with Crippen molar-refractivity contribution in [1.29, 1.82) is 0 Å². The van der Waals surface area contributed by atoms with Gasteiger partial charge in [0.1, 0.15) is 5.76 Å². The maximum Gasteiger partial charge on any atom is 0.315 e. The molecule has 1 heterocycles. The highest BCUT2D eigenvalue weighted by atomic mass is 16.3. The summed E-state index contributed by atoms with van der Waals surface area (Å²) in [5.41, 5.74) is -0.0233. The number of fused-ring (bicyclic) bond motifs is 1. The highest BCUT2D eigenvalue weighted by Crippen LogP contribution is 2.18. The van der Waals surface area contributed by atoms with Gasteiger partial charge in [0.25, 0.3) is 0 Å². The third kappa shape index (κ3) is 4.61. The number of nitrogens with one attached hydrogen (secondary N) is 2. The van der Waals surface area contributed by atoms with Crippen LogP contribution in [-0.2, 0) is 13.0 Å². The molecule has 1 atom stereocenters. The minimum atomic E-state index is -1.07. The van der Waals surface area contributed by atoms with Gasteiger partial charge in [0.05, 0.1) is 11.9 Å². The first-order chi connectivity index (χ1) is 12.0. The van der Waals surface area contributed by atoms with Gasteiger partial charge in [-0.2, -0.15) is 0 Å². The molecule has 0 saturated heterocycles. The number of furan rings is 1. The molecule has 0 spiro atoms. The van der Waals surface area contributed by atoms with Crippen LogP contribution in [0.3, 0.4) is 0 Å². The van der Waals surface area contributed by atoms with Crippen LogP contribution in [0.2, 0.25) is 0 Å². The van der Waals surface area contributed by atoms with Gasteiger partial charge in [-0.25, -0.2) is 4.79 Å². The molecule has 2 amide bonds. The van der Waals surface area contributed by atoms with Crippen LogP contribution < -0.4 is 10.6 Å². The molecule has 0 aliphatic heterocycles. The second-order valence-electron chi connectivity index (χ2n) is 6.43. The standard InChI is InChI=1S/C20H22N2O3/c1-20(24,12-17-9-5-11-25-17)14-22-19(23)21-13-16-8-4-7-15-6-2-3-10-18(15)16/h2-11,24H,12-14H2,1H3,(H2,21,22,23). The first-order valence-electron chi connectivity index (χ1n) is 8.27. The fourth-order valence-corrected chi connectivity index (χ4v) is 2.81. The summed E-state index contributed by atoms with van der Waals surface area (Å²) >= 11 is 0. The fourth-order valence-electron chi connectivity index (χ4n) is 2.81. The van der Waals surface area contributed by atoms with E-state index in [0.717, 1.165) is 16.3 Å². The third-order valence-corrected chi connectivity index (χ3v) is 4.08. The zero-order chi connectivity index (χ0) is 17.7. The molecule has 2 aromatic carbocycles. The zero-order valence-electron chi connectivity index (χ0n) is 14.2. The normalized spacial score (nSPS) is 13.4. The fraction of sp³-hybridized carbons (Fsp3) is 0.250. The summed E-state index contributed by atoms with van der Waals surface area (Å²) in [5, 5.41) is 18.2. The smallest absolute Gasteiger partial charge is 0.315 e. The summed E-state index contributed by atoms with van der Waals surface area (Å²) in [6, 6.07) is 17.3. The minimum Gasteiger partial charge on any atom is -0.469 e. The van der Waals surface area contributed by atoms with Crippen molar-refractivity contribution < 1.29 is 14.3 Å². The molecule has 0 radical (unpaired) electrons. The molecule has 1 aromatic heterocycles. The highest BCUT2D eigenvalue weighted by Gasteiger charge is 2.23. The average molecular weight is 338 g/mol. The molecule has 3 aromatic rings. The highest BCUT2D eigenvalue weighted by molar-refractivity contribution is 5.86. The van der Waals surface area contributed by atoms with Gasteiger partial charge in [-0.05, 0) is 35.4 Å². The van der Waals surface area contributed by atoms with Crippen LogP contribution in [0, 0.1) is 0 Å². The summed E-state index contributed by atoms with van der Waals surface area (Å²) in [7, 11) is 0. The number of carbonyl (C=O) groups is 1. The maximum atomic E-state index is 12.0. The van der Waals surface area contributed by atoms with Crippen molar-refractivity contribution in [3.63, 3.8) is 0 Å². The number of urea groups is 1. The summed E-state index contributed by atoms with van der Waals surface area (Å²) < 4.78 is 5.23. The summed E-state index contributed by atoms with van der Waals surface area (Å²) in [6.07, 6.45) is 1.90. The number of carbonyl (C=O) groups excluding carboxylic acids is 1. The molecule has 5 heteroatoms. The Kier molecular flexibility index (Phi) is 5.05. The van der Waals surface area contributed by atoms with Gasteiger partial charge >= 0.3 is 6.03 Å². The number of benzene rings is 2. The Hall–Kier alpha value is -2.79. The largest absolute Gasteiger partial charge is 0.469 e. The van der Waals surface area contributed by atoms with E-state index in [-0.39, 0.29) is 12.6 Å². The van der Waals surface area contributed by atoms with Crippen molar-refractivity contribution in [3.05, 3.63) is 72.2 Å². The topological polar surface area (TPSA) is 74.5 Å².